The lowest BCUT2D eigenvalue weighted by Gasteiger charge is -2.06. The van der Waals surface area contributed by atoms with E-state index in [-0.39, 0.29) is 27.4 Å². The highest BCUT2D eigenvalue weighted by Gasteiger charge is 2.09. The lowest BCUT2D eigenvalue weighted by atomic mass is 10.3. The molecule has 0 fully saturated rings. The number of phenols is 1. The van der Waals surface area contributed by atoms with E-state index in [9.17, 15) is 9.90 Å². The van der Waals surface area contributed by atoms with Gasteiger partial charge in [0.15, 0.2) is 5.75 Å². The summed E-state index contributed by atoms with van der Waals surface area (Å²) in [6.45, 7) is 1.34. The van der Waals surface area contributed by atoms with Gasteiger partial charge in [-0.2, -0.15) is 0 Å². The number of hydrogen-bond acceptors (Lipinski definition) is 2. The Bertz CT molecular complexity index is 352. The van der Waals surface area contributed by atoms with Crippen LogP contribution in [0.25, 0.3) is 0 Å². The zero-order valence-electron chi connectivity index (χ0n) is 6.77. The van der Waals surface area contributed by atoms with Gasteiger partial charge in [0.2, 0.25) is 5.91 Å². The van der Waals surface area contributed by atoms with Crippen molar-refractivity contribution in [1.82, 2.24) is 0 Å². The number of benzene rings is 1. The summed E-state index contributed by atoms with van der Waals surface area (Å²) >= 11 is 11.3. The van der Waals surface area contributed by atoms with Crippen LogP contribution in [0.1, 0.15) is 6.92 Å². The first kappa shape index (κ1) is 10.2. The molecule has 0 aromatic heterocycles. The topological polar surface area (TPSA) is 49.3 Å². The first-order valence-electron chi connectivity index (χ1n) is 3.47. The first-order valence-corrected chi connectivity index (χ1v) is 4.22. The maximum absolute atomic E-state index is 10.7. The molecule has 0 saturated carbocycles. The van der Waals surface area contributed by atoms with E-state index in [0.29, 0.717) is 0 Å². The minimum absolute atomic E-state index is 0.0351. The monoisotopic (exact) mass is 219 g/mol. The number of carbonyl (C=O) groups is 1. The van der Waals surface area contributed by atoms with Crippen molar-refractivity contribution >= 4 is 34.8 Å². The van der Waals surface area contributed by atoms with Gasteiger partial charge in [-0.15, -0.1) is 0 Å². The summed E-state index contributed by atoms with van der Waals surface area (Å²) in [5, 5.41) is 12.1. The van der Waals surface area contributed by atoms with Crippen molar-refractivity contribution in [3.05, 3.63) is 22.2 Å². The van der Waals surface area contributed by atoms with Crippen molar-refractivity contribution in [2.45, 2.75) is 6.92 Å². The van der Waals surface area contributed by atoms with Crippen molar-refractivity contribution < 1.29 is 9.90 Å². The van der Waals surface area contributed by atoms with Gasteiger partial charge in [-0.05, 0) is 12.1 Å². The Kier molecular flexibility index (Phi) is 3.01. The Morgan fingerprint density at radius 3 is 2.62 bits per heavy atom. The molecule has 70 valence electrons. The Morgan fingerprint density at radius 1 is 1.46 bits per heavy atom. The molecule has 0 radical (unpaired) electrons. The predicted octanol–water partition coefficient (Wildman–Crippen LogP) is 2.66. The van der Waals surface area contributed by atoms with Gasteiger partial charge < -0.3 is 10.4 Å². The second-order valence-electron chi connectivity index (χ2n) is 2.44. The summed E-state index contributed by atoms with van der Waals surface area (Å²) < 4.78 is 0. The molecule has 2 N–H and O–H groups in total. The van der Waals surface area contributed by atoms with Crippen LogP contribution < -0.4 is 5.32 Å². The molecule has 0 unspecified atom stereocenters. The van der Waals surface area contributed by atoms with E-state index in [1.807, 2.05) is 0 Å². The number of aromatic hydroxyl groups is 1. The summed E-state index contributed by atoms with van der Waals surface area (Å²) in [5.74, 6) is -0.502. The van der Waals surface area contributed by atoms with E-state index in [1.54, 1.807) is 0 Å². The largest absolute Gasteiger partial charge is 0.504 e. The number of halogens is 2. The van der Waals surface area contributed by atoms with Crippen LogP contribution in [0.4, 0.5) is 5.69 Å². The molecule has 5 heteroatoms. The summed E-state index contributed by atoms with van der Waals surface area (Å²) in [7, 11) is 0. The lowest BCUT2D eigenvalue weighted by molar-refractivity contribution is -0.114. The fourth-order valence-corrected chi connectivity index (χ4v) is 1.15. The second-order valence-corrected chi connectivity index (χ2v) is 3.22. The maximum Gasteiger partial charge on any atom is 0.221 e. The van der Waals surface area contributed by atoms with E-state index in [4.69, 9.17) is 23.2 Å². The van der Waals surface area contributed by atoms with Gasteiger partial charge in [-0.25, -0.2) is 0 Å². The Hall–Kier alpha value is -0.930. The number of nitrogens with one attached hydrogen (secondary N) is 1. The molecular formula is C8H7Cl2NO2. The molecule has 0 heterocycles. The molecule has 1 aromatic carbocycles. The van der Waals surface area contributed by atoms with Crippen molar-refractivity contribution in [3.8, 4) is 5.75 Å². The number of carbonyl (C=O) groups excluding carboxylic acids is 1. The average molecular weight is 220 g/mol. The number of anilines is 1. The fraction of sp³-hybridized carbons (Fsp3) is 0.125. The van der Waals surface area contributed by atoms with Crippen molar-refractivity contribution in [2.75, 3.05) is 5.32 Å². The predicted molar refractivity (Wildman–Crippen MR) is 52.4 cm³/mol. The van der Waals surface area contributed by atoms with E-state index >= 15 is 0 Å². The highest BCUT2D eigenvalue weighted by molar-refractivity contribution is 6.43. The van der Waals surface area contributed by atoms with Gasteiger partial charge in [0, 0.05) is 6.92 Å². The standard InChI is InChI=1S/C8H7Cl2NO2/c1-4(12)11-6-3-2-5(9)7(10)8(6)13/h2-3,13H,1H3,(H,11,12). The highest BCUT2D eigenvalue weighted by Crippen LogP contribution is 2.36. The smallest absolute Gasteiger partial charge is 0.221 e. The Balaban J connectivity index is 3.10. The van der Waals surface area contributed by atoms with E-state index in [1.165, 1.54) is 19.1 Å². The van der Waals surface area contributed by atoms with Gasteiger partial charge in [-0.3, -0.25) is 4.79 Å². The maximum atomic E-state index is 10.7. The second kappa shape index (κ2) is 3.85. The molecular weight excluding hydrogens is 213 g/mol. The lowest BCUT2D eigenvalue weighted by Crippen LogP contribution is -2.05. The van der Waals surface area contributed by atoms with Crippen LogP contribution in [0.2, 0.25) is 10.0 Å². The van der Waals surface area contributed by atoms with Crippen LogP contribution in [0, 0.1) is 0 Å². The highest BCUT2D eigenvalue weighted by atomic mass is 35.5. The van der Waals surface area contributed by atoms with E-state index in [0.717, 1.165) is 0 Å². The first-order chi connectivity index (χ1) is 6.02. The normalized spacial score (nSPS) is 9.77. The number of amides is 1. The zero-order chi connectivity index (χ0) is 10.0. The molecule has 0 bridgehead atoms. The fourth-order valence-electron chi connectivity index (χ4n) is 0.830. The molecule has 13 heavy (non-hydrogen) atoms. The molecule has 0 spiro atoms. The van der Waals surface area contributed by atoms with Crippen molar-refractivity contribution in [3.63, 3.8) is 0 Å². The van der Waals surface area contributed by atoms with Crippen LogP contribution in [0.5, 0.6) is 5.75 Å². The molecule has 0 saturated heterocycles. The van der Waals surface area contributed by atoms with Crippen LogP contribution in [0.3, 0.4) is 0 Å². The Labute approximate surface area is 85.3 Å². The van der Waals surface area contributed by atoms with Crippen LogP contribution >= 0.6 is 23.2 Å². The molecule has 1 amide bonds. The van der Waals surface area contributed by atoms with Crippen LogP contribution in [-0.2, 0) is 4.79 Å². The SMILES string of the molecule is CC(=O)Nc1ccc(Cl)c(Cl)c1O. The van der Waals surface area contributed by atoms with Crippen molar-refractivity contribution in [1.29, 1.82) is 0 Å². The average Bonchev–Trinajstić information content (AvgIpc) is 2.06. The van der Waals surface area contributed by atoms with Crippen LogP contribution in [0.15, 0.2) is 12.1 Å². The third-order valence-electron chi connectivity index (χ3n) is 1.38. The summed E-state index contributed by atoms with van der Waals surface area (Å²) in [6.07, 6.45) is 0. The third-order valence-corrected chi connectivity index (χ3v) is 2.17. The number of hydrogen-bond donors (Lipinski definition) is 2. The molecule has 1 aromatic rings. The zero-order valence-corrected chi connectivity index (χ0v) is 8.28. The number of phenolic OH excluding ortho intramolecular Hbond substituents is 1. The van der Waals surface area contributed by atoms with Gasteiger partial charge >= 0.3 is 0 Å². The van der Waals surface area contributed by atoms with Gasteiger partial charge in [0.1, 0.15) is 5.02 Å². The quantitative estimate of drug-likeness (QED) is 0.714. The molecule has 0 atom stereocenters. The minimum Gasteiger partial charge on any atom is -0.504 e. The summed E-state index contributed by atoms with van der Waals surface area (Å²) in [4.78, 5) is 10.7. The number of rotatable bonds is 1. The van der Waals surface area contributed by atoms with E-state index in [2.05, 4.69) is 5.32 Å². The van der Waals surface area contributed by atoms with Crippen LogP contribution in [-0.4, -0.2) is 11.0 Å². The minimum atomic E-state index is -0.284. The molecule has 0 aliphatic heterocycles. The van der Waals surface area contributed by atoms with Gasteiger partial charge in [0.25, 0.3) is 0 Å². The molecule has 0 aliphatic carbocycles. The third kappa shape index (κ3) is 2.26. The van der Waals surface area contributed by atoms with E-state index < -0.39 is 0 Å². The van der Waals surface area contributed by atoms with Gasteiger partial charge in [-0.1, -0.05) is 23.2 Å². The Morgan fingerprint density at radius 2 is 2.08 bits per heavy atom. The summed E-state index contributed by atoms with van der Waals surface area (Å²) in [6, 6.07) is 2.97. The molecule has 1 rings (SSSR count). The molecule has 3 nitrogen and oxygen atoms in total. The summed E-state index contributed by atoms with van der Waals surface area (Å²) in [5.41, 5.74) is 0.252. The molecule has 0 aliphatic rings. The van der Waals surface area contributed by atoms with Crippen molar-refractivity contribution in [2.24, 2.45) is 0 Å². The van der Waals surface area contributed by atoms with Gasteiger partial charge in [0.05, 0.1) is 10.7 Å².